The number of benzene rings is 2. The number of anilines is 1. The second-order valence-corrected chi connectivity index (χ2v) is 7.46. The molecule has 1 amide bonds. The van der Waals surface area contributed by atoms with Gasteiger partial charge in [-0.25, -0.2) is 4.79 Å². The summed E-state index contributed by atoms with van der Waals surface area (Å²) < 4.78 is 20.9. The molecule has 0 aliphatic heterocycles. The number of carbonyl (C=O) groups is 2. The van der Waals surface area contributed by atoms with Crippen LogP contribution in [0.5, 0.6) is 17.2 Å². The number of carbonyl (C=O) groups excluding carboxylic acids is 2. The van der Waals surface area contributed by atoms with E-state index in [1.165, 1.54) is 39.8 Å². The van der Waals surface area contributed by atoms with Gasteiger partial charge < -0.3 is 24.3 Å². The molecule has 1 N–H and O–H groups in total. The Kier molecular flexibility index (Phi) is 6.81. The largest absolute Gasteiger partial charge is 0.493 e. The van der Waals surface area contributed by atoms with Crippen molar-refractivity contribution in [1.29, 1.82) is 0 Å². The Morgan fingerprint density at radius 2 is 1.52 bits per heavy atom. The summed E-state index contributed by atoms with van der Waals surface area (Å²) in [6.07, 6.45) is 0. The van der Waals surface area contributed by atoms with Crippen LogP contribution in [0.15, 0.2) is 41.8 Å². The van der Waals surface area contributed by atoms with Crippen molar-refractivity contribution in [3.63, 3.8) is 0 Å². The Bertz CT molecular complexity index is 1080. The van der Waals surface area contributed by atoms with E-state index in [1.807, 2.05) is 36.6 Å². The van der Waals surface area contributed by atoms with Gasteiger partial charge >= 0.3 is 5.97 Å². The number of rotatable bonds is 7. The Morgan fingerprint density at radius 3 is 2.03 bits per heavy atom. The van der Waals surface area contributed by atoms with Crippen molar-refractivity contribution in [2.75, 3.05) is 33.8 Å². The van der Waals surface area contributed by atoms with Crippen molar-refractivity contribution in [1.82, 2.24) is 0 Å². The predicted molar refractivity (Wildman–Crippen MR) is 120 cm³/mol. The molecule has 7 nitrogen and oxygen atoms in total. The molecule has 0 unspecified atom stereocenters. The fourth-order valence-electron chi connectivity index (χ4n) is 3.09. The number of ether oxygens (including phenoxy) is 4. The first kappa shape index (κ1) is 22.2. The lowest BCUT2D eigenvalue weighted by atomic mass is 10.0. The molecule has 0 spiro atoms. The minimum Gasteiger partial charge on any atom is -0.493 e. The first-order chi connectivity index (χ1) is 14.9. The van der Waals surface area contributed by atoms with Crippen LogP contribution in [0.3, 0.4) is 0 Å². The van der Waals surface area contributed by atoms with Crippen LogP contribution in [0, 0.1) is 6.92 Å². The Morgan fingerprint density at radius 1 is 0.903 bits per heavy atom. The molecule has 0 saturated carbocycles. The highest BCUT2D eigenvalue weighted by atomic mass is 32.1. The molecule has 31 heavy (non-hydrogen) atoms. The first-order valence-electron chi connectivity index (χ1n) is 9.31. The lowest BCUT2D eigenvalue weighted by Crippen LogP contribution is -2.14. The third kappa shape index (κ3) is 4.49. The van der Waals surface area contributed by atoms with Crippen LogP contribution in [0.25, 0.3) is 11.1 Å². The quantitative estimate of drug-likeness (QED) is 0.531. The third-order valence-electron chi connectivity index (χ3n) is 4.70. The number of nitrogens with one attached hydrogen (secondary N) is 1. The molecule has 0 fully saturated rings. The van der Waals surface area contributed by atoms with E-state index in [9.17, 15) is 9.59 Å². The maximum Gasteiger partial charge on any atom is 0.341 e. The minimum absolute atomic E-state index is 0.288. The van der Waals surface area contributed by atoms with Crippen LogP contribution >= 0.6 is 11.3 Å². The number of hydrogen-bond donors (Lipinski definition) is 1. The Labute approximate surface area is 184 Å². The molecule has 0 bridgehead atoms. The van der Waals surface area contributed by atoms with Crippen LogP contribution < -0.4 is 19.5 Å². The molecule has 8 heteroatoms. The third-order valence-corrected chi connectivity index (χ3v) is 5.59. The highest BCUT2D eigenvalue weighted by Gasteiger charge is 2.24. The summed E-state index contributed by atoms with van der Waals surface area (Å²) in [4.78, 5) is 25.5. The summed E-state index contributed by atoms with van der Waals surface area (Å²) in [6, 6.07) is 10.9. The summed E-state index contributed by atoms with van der Waals surface area (Å²) in [5, 5.41) is 5.02. The van der Waals surface area contributed by atoms with E-state index in [1.54, 1.807) is 12.1 Å². The molecule has 3 rings (SSSR count). The van der Waals surface area contributed by atoms with Gasteiger partial charge in [0, 0.05) is 16.5 Å². The van der Waals surface area contributed by atoms with Crippen molar-refractivity contribution in [2.45, 2.75) is 6.92 Å². The number of hydrogen-bond acceptors (Lipinski definition) is 7. The SMILES string of the molecule is COC(=O)c1c(-c2ccc(C)cc2)csc1NC(=O)c1cc(OC)c(OC)c(OC)c1. The van der Waals surface area contributed by atoms with E-state index in [4.69, 9.17) is 18.9 Å². The van der Waals surface area contributed by atoms with Gasteiger partial charge in [0.25, 0.3) is 5.91 Å². The normalized spacial score (nSPS) is 10.4. The molecule has 162 valence electrons. The van der Waals surface area contributed by atoms with Crippen molar-refractivity contribution < 1.29 is 28.5 Å². The molecule has 0 aliphatic rings. The first-order valence-corrected chi connectivity index (χ1v) is 10.2. The zero-order valence-electron chi connectivity index (χ0n) is 17.9. The van der Waals surface area contributed by atoms with Gasteiger partial charge in [0.2, 0.25) is 5.75 Å². The van der Waals surface area contributed by atoms with Crippen molar-refractivity contribution in [3.8, 4) is 28.4 Å². The van der Waals surface area contributed by atoms with Crippen LogP contribution in [-0.4, -0.2) is 40.3 Å². The molecule has 2 aromatic carbocycles. The van der Waals surface area contributed by atoms with E-state index in [0.717, 1.165) is 11.1 Å². The highest BCUT2D eigenvalue weighted by Crippen LogP contribution is 2.39. The van der Waals surface area contributed by atoms with Crippen LogP contribution in [-0.2, 0) is 4.74 Å². The van der Waals surface area contributed by atoms with E-state index in [-0.39, 0.29) is 5.56 Å². The van der Waals surface area contributed by atoms with Crippen LogP contribution in [0.4, 0.5) is 5.00 Å². The molecule has 0 radical (unpaired) electrons. The van der Waals surface area contributed by atoms with Gasteiger partial charge in [0.1, 0.15) is 10.6 Å². The standard InChI is InChI=1S/C23H23NO6S/c1-13-6-8-14(9-7-13)16-12-31-22(19(16)23(26)30-5)24-21(25)15-10-17(27-2)20(29-4)18(11-15)28-3/h6-12H,1-5H3,(H,24,25). The average Bonchev–Trinajstić information content (AvgIpc) is 3.21. The summed E-state index contributed by atoms with van der Waals surface area (Å²) in [5.74, 6) is 0.131. The highest BCUT2D eigenvalue weighted by molar-refractivity contribution is 7.15. The number of methoxy groups -OCH3 is 4. The van der Waals surface area contributed by atoms with Crippen molar-refractivity contribution in [3.05, 3.63) is 58.5 Å². The second kappa shape index (κ2) is 9.53. The van der Waals surface area contributed by atoms with E-state index in [0.29, 0.717) is 33.4 Å². The fourth-order valence-corrected chi connectivity index (χ4v) is 4.04. The monoisotopic (exact) mass is 441 g/mol. The smallest absolute Gasteiger partial charge is 0.341 e. The summed E-state index contributed by atoms with van der Waals surface area (Å²) in [5.41, 5.74) is 3.25. The molecular weight excluding hydrogens is 418 g/mol. The number of esters is 1. The Balaban J connectivity index is 2.00. The Hall–Kier alpha value is -3.52. The lowest BCUT2D eigenvalue weighted by Gasteiger charge is -2.14. The number of amides is 1. The summed E-state index contributed by atoms with van der Waals surface area (Å²) in [7, 11) is 5.74. The zero-order valence-corrected chi connectivity index (χ0v) is 18.7. The molecule has 0 saturated heterocycles. The number of thiophene rings is 1. The van der Waals surface area contributed by atoms with Gasteiger partial charge in [-0.3, -0.25) is 4.79 Å². The van der Waals surface area contributed by atoms with Gasteiger partial charge in [-0.2, -0.15) is 0 Å². The second-order valence-electron chi connectivity index (χ2n) is 6.58. The molecule has 0 atom stereocenters. The van der Waals surface area contributed by atoms with Gasteiger partial charge in [-0.05, 0) is 24.6 Å². The van der Waals surface area contributed by atoms with Gasteiger partial charge in [-0.15, -0.1) is 11.3 Å². The molecular formula is C23H23NO6S. The van der Waals surface area contributed by atoms with Crippen molar-refractivity contribution >= 4 is 28.2 Å². The molecule has 1 aromatic heterocycles. The summed E-state index contributed by atoms with van der Waals surface area (Å²) >= 11 is 1.25. The number of aryl methyl sites for hydroxylation is 1. The van der Waals surface area contributed by atoms with Crippen LogP contribution in [0.2, 0.25) is 0 Å². The topological polar surface area (TPSA) is 83.1 Å². The fraction of sp³-hybridized carbons (Fsp3) is 0.217. The van der Waals surface area contributed by atoms with E-state index >= 15 is 0 Å². The maximum absolute atomic E-state index is 13.0. The molecule has 1 heterocycles. The van der Waals surface area contributed by atoms with Gasteiger partial charge in [0.05, 0.1) is 28.4 Å². The van der Waals surface area contributed by atoms with Crippen molar-refractivity contribution in [2.24, 2.45) is 0 Å². The van der Waals surface area contributed by atoms with Gasteiger partial charge in [-0.1, -0.05) is 29.8 Å². The van der Waals surface area contributed by atoms with E-state index in [2.05, 4.69) is 5.32 Å². The molecule has 3 aromatic rings. The van der Waals surface area contributed by atoms with Gasteiger partial charge in [0.15, 0.2) is 11.5 Å². The predicted octanol–water partition coefficient (Wildman–Crippen LogP) is 4.79. The minimum atomic E-state index is -0.531. The lowest BCUT2D eigenvalue weighted by molar-refractivity contribution is 0.0603. The maximum atomic E-state index is 13.0. The molecule has 0 aliphatic carbocycles. The van der Waals surface area contributed by atoms with Crippen LogP contribution in [0.1, 0.15) is 26.3 Å². The zero-order chi connectivity index (χ0) is 22.5. The van der Waals surface area contributed by atoms with E-state index < -0.39 is 11.9 Å². The summed E-state index contributed by atoms with van der Waals surface area (Å²) in [6.45, 7) is 1.99. The average molecular weight is 442 g/mol.